The van der Waals surface area contributed by atoms with E-state index in [4.69, 9.17) is 5.73 Å². The fourth-order valence-electron chi connectivity index (χ4n) is 2.73. The maximum Gasteiger partial charge on any atom is 0.241 e. The molecule has 1 fully saturated rings. The van der Waals surface area contributed by atoms with Crippen molar-refractivity contribution in [3.8, 4) is 0 Å². The molecule has 0 aromatic heterocycles. The molecule has 2 unspecified atom stereocenters. The number of amides is 1. The fraction of sp³-hybridized carbons (Fsp3) is 0.588. The van der Waals surface area contributed by atoms with Gasteiger partial charge in [0.05, 0.1) is 6.04 Å². The van der Waals surface area contributed by atoms with Gasteiger partial charge >= 0.3 is 0 Å². The first-order valence-electron chi connectivity index (χ1n) is 8.03. The molecule has 1 aliphatic carbocycles. The third-order valence-electron chi connectivity index (χ3n) is 4.42. The van der Waals surface area contributed by atoms with Gasteiger partial charge in [-0.15, -0.1) is 0 Å². The molecule has 1 aliphatic rings. The number of nitrogens with one attached hydrogen (secondary N) is 2. The topological polar surface area (TPSA) is 67.2 Å². The molecule has 2 rings (SSSR count). The van der Waals surface area contributed by atoms with Gasteiger partial charge < -0.3 is 16.4 Å². The Morgan fingerprint density at radius 3 is 2.67 bits per heavy atom. The monoisotopic (exact) mass is 289 g/mol. The Morgan fingerprint density at radius 2 is 2.00 bits per heavy atom. The Bertz CT molecular complexity index is 469. The zero-order chi connectivity index (χ0) is 15.2. The minimum atomic E-state index is -0.457. The maximum atomic E-state index is 12.1. The third kappa shape index (κ3) is 4.46. The largest absolute Gasteiger partial charge is 0.382 e. The van der Waals surface area contributed by atoms with Crippen LogP contribution in [0, 0.1) is 5.92 Å². The lowest BCUT2D eigenvalue weighted by molar-refractivity contribution is -0.118. The van der Waals surface area contributed by atoms with Gasteiger partial charge in [0.25, 0.3) is 0 Å². The number of hydrogen-bond acceptors (Lipinski definition) is 3. The molecule has 0 spiro atoms. The molecule has 1 saturated carbocycles. The summed E-state index contributed by atoms with van der Waals surface area (Å²) in [5.41, 5.74) is 7.84. The summed E-state index contributed by atoms with van der Waals surface area (Å²) in [6, 6.07) is 8.00. The third-order valence-corrected chi connectivity index (χ3v) is 4.42. The van der Waals surface area contributed by atoms with Gasteiger partial charge in [-0.3, -0.25) is 4.79 Å². The quantitative estimate of drug-likeness (QED) is 0.752. The van der Waals surface area contributed by atoms with Crippen LogP contribution in [0.1, 0.15) is 46.0 Å². The molecule has 2 atom stereocenters. The molecule has 0 saturated heterocycles. The average molecular weight is 289 g/mol. The molecule has 0 heterocycles. The van der Waals surface area contributed by atoms with Crippen molar-refractivity contribution in [1.82, 2.24) is 0 Å². The van der Waals surface area contributed by atoms with Crippen molar-refractivity contribution in [2.24, 2.45) is 11.7 Å². The zero-order valence-corrected chi connectivity index (χ0v) is 13.1. The predicted octanol–water partition coefficient (Wildman–Crippen LogP) is 3.35. The first-order chi connectivity index (χ1) is 10.1. The summed E-state index contributed by atoms with van der Waals surface area (Å²) in [6.07, 6.45) is 5.97. The second-order valence-corrected chi connectivity index (χ2v) is 6.11. The van der Waals surface area contributed by atoms with Gasteiger partial charge in [-0.25, -0.2) is 0 Å². The number of carbonyl (C=O) groups is 1. The standard InChI is InChI=1S/C17H27N3O/c1-3-12(2)16(18)17(21)20-15-10-6-9-14(11-15)19-13-7-4-5-8-13/h6,9-13,16,19H,3-5,7-8,18H2,1-2H3,(H,20,21). The Kier molecular flexibility index (Phi) is 5.62. The number of hydrogen-bond donors (Lipinski definition) is 3. The van der Waals surface area contributed by atoms with Crippen LogP contribution in [0.2, 0.25) is 0 Å². The van der Waals surface area contributed by atoms with Crippen molar-refractivity contribution in [2.45, 2.75) is 58.0 Å². The van der Waals surface area contributed by atoms with E-state index < -0.39 is 6.04 Å². The lowest BCUT2D eigenvalue weighted by atomic mass is 9.99. The van der Waals surface area contributed by atoms with Crippen LogP contribution in [0.15, 0.2) is 24.3 Å². The first-order valence-corrected chi connectivity index (χ1v) is 8.03. The lowest BCUT2D eigenvalue weighted by Gasteiger charge is -2.18. The summed E-state index contributed by atoms with van der Waals surface area (Å²) < 4.78 is 0. The van der Waals surface area contributed by atoms with E-state index in [0.717, 1.165) is 17.8 Å². The Hall–Kier alpha value is -1.55. The number of carbonyl (C=O) groups excluding carboxylic acids is 1. The van der Waals surface area contributed by atoms with Gasteiger partial charge in [0.15, 0.2) is 0 Å². The van der Waals surface area contributed by atoms with E-state index in [1.54, 1.807) is 0 Å². The van der Waals surface area contributed by atoms with Crippen molar-refractivity contribution in [2.75, 3.05) is 10.6 Å². The van der Waals surface area contributed by atoms with Gasteiger partial charge in [-0.05, 0) is 37.0 Å². The maximum absolute atomic E-state index is 12.1. The van der Waals surface area contributed by atoms with E-state index >= 15 is 0 Å². The Morgan fingerprint density at radius 1 is 1.33 bits per heavy atom. The average Bonchev–Trinajstić information content (AvgIpc) is 2.98. The minimum Gasteiger partial charge on any atom is -0.382 e. The highest BCUT2D eigenvalue weighted by molar-refractivity contribution is 5.95. The molecule has 4 nitrogen and oxygen atoms in total. The van der Waals surface area contributed by atoms with Gasteiger partial charge in [0.2, 0.25) is 5.91 Å². The van der Waals surface area contributed by atoms with Crippen molar-refractivity contribution in [3.63, 3.8) is 0 Å². The number of rotatable bonds is 6. The van der Waals surface area contributed by atoms with E-state index in [2.05, 4.69) is 10.6 Å². The molecule has 0 aliphatic heterocycles. The first kappa shape index (κ1) is 15.8. The van der Waals surface area contributed by atoms with Crippen LogP contribution in [0.3, 0.4) is 0 Å². The van der Waals surface area contributed by atoms with Crippen LogP contribution in [0.4, 0.5) is 11.4 Å². The van der Waals surface area contributed by atoms with Gasteiger partial charge in [0, 0.05) is 17.4 Å². The van der Waals surface area contributed by atoms with Crippen molar-refractivity contribution < 1.29 is 4.79 Å². The van der Waals surface area contributed by atoms with E-state index in [-0.39, 0.29) is 11.8 Å². The van der Waals surface area contributed by atoms with Crippen LogP contribution in [-0.4, -0.2) is 18.0 Å². The molecule has 0 bridgehead atoms. The summed E-state index contributed by atoms with van der Waals surface area (Å²) in [5.74, 6) is 0.0761. The number of anilines is 2. The molecular formula is C17H27N3O. The summed E-state index contributed by atoms with van der Waals surface area (Å²) in [5, 5.41) is 6.45. The number of benzene rings is 1. The van der Waals surface area contributed by atoms with Gasteiger partial charge in [0.1, 0.15) is 0 Å². The Labute approximate surface area is 127 Å². The Balaban J connectivity index is 1.95. The lowest BCUT2D eigenvalue weighted by Crippen LogP contribution is -2.40. The summed E-state index contributed by atoms with van der Waals surface area (Å²) in [4.78, 5) is 12.1. The van der Waals surface area contributed by atoms with Crippen molar-refractivity contribution in [3.05, 3.63) is 24.3 Å². The normalized spacial score (nSPS) is 18.2. The van der Waals surface area contributed by atoms with E-state index in [9.17, 15) is 4.79 Å². The molecule has 1 aromatic rings. The van der Waals surface area contributed by atoms with Crippen LogP contribution >= 0.6 is 0 Å². The molecule has 0 radical (unpaired) electrons. The van der Waals surface area contributed by atoms with Gasteiger partial charge in [-0.2, -0.15) is 0 Å². The zero-order valence-electron chi connectivity index (χ0n) is 13.1. The fourth-order valence-corrected chi connectivity index (χ4v) is 2.73. The van der Waals surface area contributed by atoms with Crippen LogP contribution in [-0.2, 0) is 4.79 Å². The van der Waals surface area contributed by atoms with Crippen molar-refractivity contribution in [1.29, 1.82) is 0 Å². The molecular weight excluding hydrogens is 262 g/mol. The molecule has 116 valence electrons. The van der Waals surface area contributed by atoms with E-state index in [1.165, 1.54) is 25.7 Å². The van der Waals surface area contributed by atoms with Gasteiger partial charge in [-0.1, -0.05) is 39.2 Å². The molecule has 21 heavy (non-hydrogen) atoms. The molecule has 1 amide bonds. The van der Waals surface area contributed by atoms with E-state index in [1.807, 2.05) is 38.1 Å². The van der Waals surface area contributed by atoms with Crippen LogP contribution in [0.5, 0.6) is 0 Å². The van der Waals surface area contributed by atoms with E-state index in [0.29, 0.717) is 6.04 Å². The smallest absolute Gasteiger partial charge is 0.241 e. The molecule has 1 aromatic carbocycles. The SMILES string of the molecule is CCC(C)C(N)C(=O)Nc1cccc(NC2CCCC2)c1. The van der Waals surface area contributed by atoms with Crippen LogP contribution < -0.4 is 16.4 Å². The summed E-state index contributed by atoms with van der Waals surface area (Å²) >= 11 is 0. The predicted molar refractivity (Wildman–Crippen MR) is 88.4 cm³/mol. The molecule has 4 heteroatoms. The van der Waals surface area contributed by atoms with Crippen LogP contribution in [0.25, 0.3) is 0 Å². The summed E-state index contributed by atoms with van der Waals surface area (Å²) in [6.45, 7) is 4.05. The summed E-state index contributed by atoms with van der Waals surface area (Å²) in [7, 11) is 0. The second-order valence-electron chi connectivity index (χ2n) is 6.11. The molecule has 4 N–H and O–H groups in total. The highest BCUT2D eigenvalue weighted by Gasteiger charge is 2.19. The minimum absolute atomic E-state index is 0.109. The highest BCUT2D eigenvalue weighted by atomic mass is 16.2. The second kappa shape index (κ2) is 7.46. The highest BCUT2D eigenvalue weighted by Crippen LogP contribution is 2.24. The van der Waals surface area contributed by atoms with Crippen molar-refractivity contribution >= 4 is 17.3 Å². The number of nitrogens with two attached hydrogens (primary N) is 1.